The first-order valence-electron chi connectivity index (χ1n) is 6.33. The second kappa shape index (κ2) is 5.30. The Morgan fingerprint density at radius 2 is 2.00 bits per heavy atom. The number of hydrogen-bond donors (Lipinski definition) is 1. The Kier molecular flexibility index (Phi) is 3.58. The molecule has 0 aliphatic carbocycles. The lowest BCUT2D eigenvalue weighted by atomic mass is 10.1. The van der Waals surface area contributed by atoms with Gasteiger partial charge >= 0.3 is 0 Å². The maximum Gasteiger partial charge on any atom is 0.229 e. The average Bonchev–Trinajstić information content (AvgIpc) is 2.81. The molecular weight excluding hydrogens is 327 g/mol. The summed E-state index contributed by atoms with van der Waals surface area (Å²) in [4.78, 5) is 0. The molecular formula is C15H11ClFN2O2S. The highest BCUT2D eigenvalue weighted by molar-refractivity contribution is 7.92. The Morgan fingerprint density at radius 3 is 2.68 bits per heavy atom. The fraction of sp³-hybridized carbons (Fsp3) is 0.0667. The number of fused-ring (bicyclic) bond motifs is 1. The maximum atomic E-state index is 13.1. The molecule has 0 bridgehead atoms. The van der Waals surface area contributed by atoms with Crippen LogP contribution in [0.5, 0.6) is 0 Å². The third kappa shape index (κ3) is 2.93. The lowest BCUT2D eigenvalue weighted by Gasteiger charge is -2.07. The molecule has 0 atom stereocenters. The minimum Gasteiger partial charge on any atom is -0.283 e. The summed E-state index contributed by atoms with van der Waals surface area (Å²) in [7, 11) is -3.39. The Balaban J connectivity index is 2.04. The van der Waals surface area contributed by atoms with E-state index in [0.717, 1.165) is 6.26 Å². The van der Waals surface area contributed by atoms with E-state index in [-0.39, 0.29) is 5.02 Å². The Morgan fingerprint density at radius 1 is 1.23 bits per heavy atom. The lowest BCUT2D eigenvalue weighted by Crippen LogP contribution is -2.10. The lowest BCUT2D eigenvalue weighted by molar-refractivity contribution is 0.607. The van der Waals surface area contributed by atoms with E-state index in [0.29, 0.717) is 28.2 Å². The first kappa shape index (κ1) is 14.9. The smallest absolute Gasteiger partial charge is 0.229 e. The minimum atomic E-state index is -3.39. The zero-order valence-corrected chi connectivity index (χ0v) is 13.0. The van der Waals surface area contributed by atoms with E-state index >= 15 is 0 Å². The molecule has 2 aromatic rings. The van der Waals surface area contributed by atoms with Crippen LogP contribution in [0.1, 0.15) is 11.1 Å². The number of nitrogens with zero attached hydrogens (tertiary/aromatic N) is 1. The molecule has 113 valence electrons. The number of benzene rings is 2. The van der Waals surface area contributed by atoms with Gasteiger partial charge in [-0.1, -0.05) is 17.7 Å². The van der Waals surface area contributed by atoms with Crippen molar-refractivity contribution in [1.29, 1.82) is 0 Å². The summed E-state index contributed by atoms with van der Waals surface area (Å²) in [5, 5.41) is 4.67. The highest BCUT2D eigenvalue weighted by Gasteiger charge is 2.21. The highest BCUT2D eigenvalue weighted by Crippen LogP contribution is 2.38. The van der Waals surface area contributed by atoms with Crippen molar-refractivity contribution in [2.75, 3.05) is 11.0 Å². The van der Waals surface area contributed by atoms with E-state index in [1.165, 1.54) is 12.1 Å². The molecule has 1 aliphatic rings. The van der Waals surface area contributed by atoms with Crippen molar-refractivity contribution in [3.63, 3.8) is 0 Å². The van der Waals surface area contributed by atoms with E-state index in [1.807, 2.05) is 0 Å². The normalized spacial score (nSPS) is 13.3. The van der Waals surface area contributed by atoms with E-state index in [1.54, 1.807) is 30.3 Å². The van der Waals surface area contributed by atoms with E-state index in [2.05, 4.69) is 10.0 Å². The van der Waals surface area contributed by atoms with Crippen molar-refractivity contribution in [2.45, 2.75) is 0 Å². The van der Waals surface area contributed by atoms with Gasteiger partial charge in [0.05, 0.1) is 28.4 Å². The van der Waals surface area contributed by atoms with Gasteiger partial charge in [-0.2, -0.15) is 0 Å². The molecule has 7 heteroatoms. The Labute approximate surface area is 132 Å². The summed E-state index contributed by atoms with van der Waals surface area (Å²) in [5.41, 5.74) is 2.87. The first-order valence-corrected chi connectivity index (χ1v) is 8.60. The van der Waals surface area contributed by atoms with Crippen molar-refractivity contribution >= 4 is 44.8 Å². The molecule has 0 fully saturated rings. The highest BCUT2D eigenvalue weighted by atomic mass is 35.5. The molecule has 1 N–H and O–H groups in total. The van der Waals surface area contributed by atoms with E-state index in [4.69, 9.17) is 11.6 Å². The third-order valence-corrected chi connectivity index (χ3v) is 4.01. The third-order valence-electron chi connectivity index (χ3n) is 3.11. The van der Waals surface area contributed by atoms with Crippen LogP contribution in [0.3, 0.4) is 0 Å². The van der Waals surface area contributed by atoms with Gasteiger partial charge in [0, 0.05) is 11.1 Å². The molecule has 1 heterocycles. The SMILES string of the molecule is CS(=O)(=O)Nc1cccc2c1C=C(c1ccc(F)cc1Cl)[N]2. The summed E-state index contributed by atoms with van der Waals surface area (Å²) in [5.74, 6) is -0.427. The molecule has 1 radical (unpaired) electrons. The topological polar surface area (TPSA) is 60.3 Å². The Hall–Kier alpha value is -2.05. The minimum absolute atomic E-state index is 0.250. The fourth-order valence-electron chi connectivity index (χ4n) is 2.22. The standard InChI is InChI=1S/C15H11ClFN2O2S/c1-22(20,21)19-14-4-2-3-13-11(14)8-15(18-13)10-6-5-9(17)7-12(10)16/h2-8,19H,1H3. The molecule has 0 amide bonds. The van der Waals surface area contributed by atoms with Gasteiger partial charge in [-0.3, -0.25) is 4.72 Å². The molecule has 0 saturated heterocycles. The second-order valence-electron chi connectivity index (χ2n) is 4.88. The van der Waals surface area contributed by atoms with Gasteiger partial charge in [0.15, 0.2) is 0 Å². The summed E-state index contributed by atoms with van der Waals surface area (Å²) < 4.78 is 38.4. The summed E-state index contributed by atoms with van der Waals surface area (Å²) >= 11 is 6.05. The largest absolute Gasteiger partial charge is 0.283 e. The monoisotopic (exact) mass is 337 g/mol. The summed E-state index contributed by atoms with van der Waals surface area (Å²) in [6.45, 7) is 0. The van der Waals surface area contributed by atoms with Crippen LogP contribution in [-0.2, 0) is 10.0 Å². The van der Waals surface area contributed by atoms with Crippen LogP contribution in [0.4, 0.5) is 15.8 Å². The van der Waals surface area contributed by atoms with Crippen molar-refractivity contribution in [3.05, 3.63) is 58.4 Å². The van der Waals surface area contributed by atoms with E-state index < -0.39 is 15.8 Å². The number of halogens is 2. The molecule has 4 nitrogen and oxygen atoms in total. The van der Waals surface area contributed by atoms with Gasteiger partial charge in [0.25, 0.3) is 0 Å². The van der Waals surface area contributed by atoms with Crippen molar-refractivity contribution in [3.8, 4) is 0 Å². The van der Waals surface area contributed by atoms with Crippen molar-refractivity contribution in [1.82, 2.24) is 5.32 Å². The first-order chi connectivity index (χ1) is 10.3. The van der Waals surface area contributed by atoms with Crippen LogP contribution < -0.4 is 10.0 Å². The van der Waals surface area contributed by atoms with Gasteiger partial charge in [-0.25, -0.2) is 18.1 Å². The van der Waals surface area contributed by atoms with Gasteiger partial charge in [0.2, 0.25) is 10.0 Å². The molecule has 2 aromatic carbocycles. The van der Waals surface area contributed by atoms with Crippen LogP contribution in [0, 0.1) is 5.82 Å². The second-order valence-corrected chi connectivity index (χ2v) is 7.03. The van der Waals surface area contributed by atoms with Crippen LogP contribution in [0.2, 0.25) is 5.02 Å². The number of anilines is 1. The van der Waals surface area contributed by atoms with Crippen LogP contribution in [-0.4, -0.2) is 14.7 Å². The number of hydrogen-bond acceptors (Lipinski definition) is 2. The van der Waals surface area contributed by atoms with Gasteiger partial charge in [0.1, 0.15) is 5.82 Å². The quantitative estimate of drug-likeness (QED) is 0.930. The molecule has 0 saturated carbocycles. The van der Waals surface area contributed by atoms with Crippen LogP contribution in [0.15, 0.2) is 36.4 Å². The van der Waals surface area contributed by atoms with Gasteiger partial charge in [-0.15, -0.1) is 0 Å². The summed E-state index contributed by atoms with van der Waals surface area (Å²) in [6.07, 6.45) is 2.81. The van der Waals surface area contributed by atoms with Crippen molar-refractivity contribution < 1.29 is 12.8 Å². The molecule has 0 spiro atoms. The van der Waals surface area contributed by atoms with Crippen molar-refractivity contribution in [2.24, 2.45) is 0 Å². The zero-order chi connectivity index (χ0) is 15.9. The summed E-state index contributed by atoms with van der Waals surface area (Å²) in [6, 6.07) is 9.19. The number of rotatable bonds is 3. The predicted molar refractivity (Wildman–Crippen MR) is 86.0 cm³/mol. The average molecular weight is 338 g/mol. The maximum absolute atomic E-state index is 13.1. The molecule has 22 heavy (non-hydrogen) atoms. The van der Waals surface area contributed by atoms with Crippen LogP contribution >= 0.6 is 11.6 Å². The molecule has 0 unspecified atom stereocenters. The van der Waals surface area contributed by atoms with Gasteiger partial charge < -0.3 is 0 Å². The fourth-order valence-corrected chi connectivity index (χ4v) is 3.07. The zero-order valence-electron chi connectivity index (χ0n) is 11.5. The number of sulfonamides is 1. The Bertz CT molecular complexity index is 894. The number of nitrogens with one attached hydrogen (secondary N) is 1. The molecule has 0 aromatic heterocycles. The van der Waals surface area contributed by atoms with E-state index in [9.17, 15) is 12.8 Å². The van der Waals surface area contributed by atoms with Crippen LogP contribution in [0.25, 0.3) is 11.8 Å². The molecule has 3 rings (SSSR count). The predicted octanol–water partition coefficient (Wildman–Crippen LogP) is 3.60. The molecule has 1 aliphatic heterocycles. The van der Waals surface area contributed by atoms with Gasteiger partial charge in [-0.05, 0) is 36.4 Å².